The van der Waals surface area contributed by atoms with E-state index in [1.165, 1.54) is 6.08 Å². The van der Waals surface area contributed by atoms with Crippen LogP contribution in [0.2, 0.25) is 0 Å². The first kappa shape index (κ1) is 12.4. The fraction of sp³-hybridized carbons (Fsp3) is 0. The summed E-state index contributed by atoms with van der Waals surface area (Å²) in [5.41, 5.74) is 2.12. The number of benzene rings is 1. The number of para-hydroxylation sites is 1. The van der Waals surface area contributed by atoms with Crippen LogP contribution in [0.4, 0.5) is 5.69 Å². The molecule has 0 N–H and O–H groups in total. The Hall–Kier alpha value is -3.04. The molecule has 1 aromatic rings. The topological polar surface area (TPSA) is 50.8 Å². The summed E-state index contributed by atoms with van der Waals surface area (Å²) in [5, 5.41) is 17.3. The van der Waals surface area contributed by atoms with Crippen LogP contribution in [0.5, 0.6) is 0 Å². The van der Waals surface area contributed by atoms with E-state index in [1.54, 1.807) is 6.08 Å². The van der Waals surface area contributed by atoms with Crippen LogP contribution < -0.4 is 4.90 Å². The second-order valence-electron chi connectivity index (χ2n) is 3.84. The van der Waals surface area contributed by atoms with Gasteiger partial charge in [-0.1, -0.05) is 24.3 Å². The Morgan fingerprint density at radius 2 is 1.63 bits per heavy atom. The molecule has 0 saturated carbocycles. The van der Waals surface area contributed by atoms with Crippen LogP contribution in [-0.4, -0.2) is 0 Å². The first-order valence-corrected chi connectivity index (χ1v) is 5.75. The highest BCUT2D eigenvalue weighted by atomic mass is 15.1. The molecule has 1 aliphatic rings. The van der Waals surface area contributed by atoms with Gasteiger partial charge in [-0.3, -0.25) is 0 Å². The lowest BCUT2D eigenvalue weighted by molar-refractivity contribution is 1.25. The van der Waals surface area contributed by atoms with Crippen molar-refractivity contribution in [2.75, 3.05) is 4.90 Å². The summed E-state index contributed by atoms with van der Waals surface area (Å²) < 4.78 is 0. The molecule has 0 aliphatic carbocycles. The highest BCUT2D eigenvalue weighted by molar-refractivity contribution is 5.56. The van der Waals surface area contributed by atoms with Crippen LogP contribution in [0, 0.1) is 22.7 Å². The van der Waals surface area contributed by atoms with Gasteiger partial charge in [0, 0.05) is 18.1 Å². The monoisotopic (exact) mass is 245 g/mol. The van der Waals surface area contributed by atoms with Gasteiger partial charge in [-0.25, -0.2) is 0 Å². The predicted octanol–water partition coefficient (Wildman–Crippen LogP) is 3.43. The van der Waals surface area contributed by atoms with Crippen molar-refractivity contribution in [3.8, 4) is 12.1 Å². The van der Waals surface area contributed by atoms with Gasteiger partial charge in [0.2, 0.25) is 0 Å². The number of hydrogen-bond acceptors (Lipinski definition) is 3. The van der Waals surface area contributed by atoms with Crippen LogP contribution in [0.3, 0.4) is 0 Å². The van der Waals surface area contributed by atoms with Crippen molar-refractivity contribution in [1.29, 1.82) is 10.5 Å². The average molecular weight is 245 g/mol. The summed E-state index contributed by atoms with van der Waals surface area (Å²) in [4.78, 5) is 2.00. The minimum atomic E-state index is 0.0970. The lowest BCUT2D eigenvalue weighted by Crippen LogP contribution is -2.09. The fourth-order valence-corrected chi connectivity index (χ4v) is 1.60. The summed E-state index contributed by atoms with van der Waals surface area (Å²) in [6.45, 7) is 0. The second kappa shape index (κ2) is 6.05. The number of rotatable bonds is 2. The largest absolute Gasteiger partial charge is 0.324 e. The highest BCUT2D eigenvalue weighted by Crippen LogP contribution is 2.18. The third-order valence-corrected chi connectivity index (χ3v) is 2.59. The zero-order valence-corrected chi connectivity index (χ0v) is 10.2. The minimum absolute atomic E-state index is 0.0970. The van der Waals surface area contributed by atoms with Gasteiger partial charge in [0.15, 0.2) is 0 Å². The van der Waals surface area contributed by atoms with Gasteiger partial charge in [-0.2, -0.15) is 10.5 Å². The normalized spacial score (nSPS) is 12.5. The molecule has 0 atom stereocenters. The van der Waals surface area contributed by atoms with Gasteiger partial charge in [-0.05, 0) is 35.9 Å². The molecule has 0 fully saturated rings. The highest BCUT2D eigenvalue weighted by Gasteiger charge is 2.02. The molecule has 0 bridgehead atoms. The Morgan fingerprint density at radius 3 is 2.21 bits per heavy atom. The SMILES string of the molecule is N#CC(C#N)=CC=C1C=CN(c2ccccc2)C=C1. The van der Waals surface area contributed by atoms with E-state index in [0.29, 0.717) is 0 Å². The predicted molar refractivity (Wildman–Crippen MR) is 74.6 cm³/mol. The van der Waals surface area contributed by atoms with Crippen LogP contribution in [0.25, 0.3) is 0 Å². The second-order valence-corrected chi connectivity index (χ2v) is 3.84. The summed E-state index contributed by atoms with van der Waals surface area (Å²) in [6, 6.07) is 13.6. The zero-order valence-electron chi connectivity index (χ0n) is 10.2. The summed E-state index contributed by atoms with van der Waals surface area (Å²) in [7, 11) is 0. The Labute approximate surface area is 112 Å². The van der Waals surface area contributed by atoms with E-state index in [0.717, 1.165) is 11.3 Å². The molecule has 0 spiro atoms. The van der Waals surface area contributed by atoms with Crippen LogP contribution in [-0.2, 0) is 0 Å². The molecule has 0 unspecified atom stereocenters. The molecule has 90 valence electrons. The Kier molecular flexibility index (Phi) is 3.95. The van der Waals surface area contributed by atoms with E-state index in [-0.39, 0.29) is 5.57 Å². The van der Waals surface area contributed by atoms with Crippen molar-refractivity contribution in [1.82, 2.24) is 0 Å². The van der Waals surface area contributed by atoms with Crippen molar-refractivity contribution < 1.29 is 0 Å². The minimum Gasteiger partial charge on any atom is -0.324 e. The smallest absolute Gasteiger partial charge is 0.129 e. The maximum Gasteiger partial charge on any atom is 0.129 e. The first-order chi connectivity index (χ1) is 9.33. The molecule has 1 aliphatic heterocycles. The van der Waals surface area contributed by atoms with Gasteiger partial charge in [0.05, 0.1) is 0 Å². The quantitative estimate of drug-likeness (QED) is 0.750. The lowest BCUT2D eigenvalue weighted by Gasteiger charge is -2.18. The van der Waals surface area contributed by atoms with Crippen LogP contribution in [0.15, 0.2) is 78.2 Å². The summed E-state index contributed by atoms with van der Waals surface area (Å²) in [6.07, 6.45) is 11.0. The molecular formula is C16H11N3. The molecule has 0 radical (unpaired) electrons. The van der Waals surface area contributed by atoms with Crippen molar-refractivity contribution in [2.45, 2.75) is 0 Å². The van der Waals surface area contributed by atoms with Gasteiger partial charge >= 0.3 is 0 Å². The van der Waals surface area contributed by atoms with Crippen molar-refractivity contribution in [3.63, 3.8) is 0 Å². The molecule has 19 heavy (non-hydrogen) atoms. The number of anilines is 1. The van der Waals surface area contributed by atoms with Gasteiger partial charge < -0.3 is 4.90 Å². The maximum atomic E-state index is 8.63. The molecule has 2 rings (SSSR count). The van der Waals surface area contributed by atoms with E-state index in [2.05, 4.69) is 0 Å². The van der Waals surface area contributed by atoms with Gasteiger partial charge in [0.25, 0.3) is 0 Å². The summed E-state index contributed by atoms with van der Waals surface area (Å²) >= 11 is 0. The molecule has 3 heteroatoms. The molecule has 3 nitrogen and oxygen atoms in total. The van der Waals surface area contributed by atoms with E-state index >= 15 is 0 Å². The third-order valence-electron chi connectivity index (χ3n) is 2.59. The number of nitriles is 2. The Morgan fingerprint density at radius 1 is 1.00 bits per heavy atom. The van der Waals surface area contributed by atoms with E-state index in [4.69, 9.17) is 10.5 Å². The van der Waals surface area contributed by atoms with E-state index in [1.807, 2.05) is 71.9 Å². The van der Waals surface area contributed by atoms with E-state index in [9.17, 15) is 0 Å². The zero-order chi connectivity index (χ0) is 13.5. The molecule has 0 amide bonds. The number of nitrogens with zero attached hydrogens (tertiary/aromatic N) is 3. The molecule has 0 aromatic heterocycles. The average Bonchev–Trinajstić information content (AvgIpc) is 2.50. The number of hydrogen-bond donors (Lipinski definition) is 0. The van der Waals surface area contributed by atoms with Gasteiger partial charge in [0.1, 0.15) is 17.7 Å². The molecule has 1 heterocycles. The standard InChI is InChI=1S/C16H11N3/c17-12-15(13-18)7-6-14-8-10-19(11-9-14)16-4-2-1-3-5-16/h1-11H. The number of allylic oxidation sites excluding steroid dienone is 6. The molecule has 0 saturated heterocycles. The summed E-state index contributed by atoms with van der Waals surface area (Å²) in [5.74, 6) is 0. The maximum absolute atomic E-state index is 8.63. The molecule has 1 aromatic carbocycles. The van der Waals surface area contributed by atoms with Crippen molar-refractivity contribution in [3.05, 3.63) is 78.2 Å². The lowest BCUT2D eigenvalue weighted by atomic mass is 10.1. The Balaban J connectivity index is 2.12. The van der Waals surface area contributed by atoms with Crippen LogP contribution >= 0.6 is 0 Å². The fourth-order valence-electron chi connectivity index (χ4n) is 1.60. The van der Waals surface area contributed by atoms with E-state index < -0.39 is 0 Å². The van der Waals surface area contributed by atoms with Crippen molar-refractivity contribution >= 4 is 5.69 Å². The van der Waals surface area contributed by atoms with Gasteiger partial charge in [-0.15, -0.1) is 0 Å². The Bertz CT molecular complexity index is 617. The first-order valence-electron chi connectivity index (χ1n) is 5.75. The third kappa shape index (κ3) is 3.21. The molecular weight excluding hydrogens is 234 g/mol. The van der Waals surface area contributed by atoms with Crippen molar-refractivity contribution in [2.24, 2.45) is 0 Å². The van der Waals surface area contributed by atoms with Crippen LogP contribution in [0.1, 0.15) is 0 Å².